The minimum Gasteiger partial charge on any atom is -0.395 e. The van der Waals surface area contributed by atoms with Crippen molar-refractivity contribution >= 4 is 16.5 Å². The highest BCUT2D eigenvalue weighted by atomic mass is 31.2. The Labute approximate surface area is 128 Å². The Morgan fingerprint density at radius 1 is 0.955 bits per heavy atom. The van der Waals surface area contributed by atoms with Gasteiger partial charge in [-0.15, -0.1) is 9.79 Å². The van der Waals surface area contributed by atoms with Gasteiger partial charge in [-0.3, -0.25) is 0 Å². The zero-order valence-corrected chi connectivity index (χ0v) is 13.2. The van der Waals surface area contributed by atoms with Crippen LogP contribution in [0.4, 0.5) is 0 Å². The quantitative estimate of drug-likeness (QED) is 0.368. The molecule has 0 saturated carbocycles. The van der Waals surface area contributed by atoms with E-state index in [1.807, 2.05) is 0 Å². The fourth-order valence-corrected chi connectivity index (χ4v) is 1.94. The molecule has 1 aromatic carbocycles. The van der Waals surface area contributed by atoms with Crippen molar-refractivity contribution in [2.75, 3.05) is 19.8 Å². The summed E-state index contributed by atoms with van der Waals surface area (Å²) in [4.78, 5) is 15.3. The monoisotopic (exact) mass is 356 g/mol. The predicted octanol–water partition coefficient (Wildman–Crippen LogP) is -0.0143. The summed E-state index contributed by atoms with van der Waals surface area (Å²) >= 11 is 0. The van der Waals surface area contributed by atoms with Gasteiger partial charge in [-0.25, -0.2) is 0 Å². The van der Waals surface area contributed by atoms with Crippen molar-refractivity contribution in [1.82, 2.24) is 0 Å². The van der Waals surface area contributed by atoms with Gasteiger partial charge in [0.25, 0.3) is 0 Å². The van der Waals surface area contributed by atoms with Crippen molar-refractivity contribution < 1.29 is 43.7 Å². The van der Waals surface area contributed by atoms with Crippen molar-refractivity contribution in [2.24, 2.45) is 5.41 Å². The number of aliphatic hydroxyl groups is 4. The molecule has 3 atom stereocenters. The summed E-state index contributed by atoms with van der Waals surface area (Å²) in [7, 11) is -5.85. The van der Waals surface area contributed by atoms with Crippen molar-refractivity contribution in [3.05, 3.63) is 35.9 Å². The SMILES string of the molecule is O=[P+](O)O[P+](=O)O.OCC(CO)(CO)C(O)c1ccccc1. The predicted molar refractivity (Wildman–Crippen MR) is 75.8 cm³/mol. The molecule has 1 aromatic rings. The average molecular weight is 356 g/mol. The summed E-state index contributed by atoms with van der Waals surface area (Å²) < 4.78 is 22.2. The van der Waals surface area contributed by atoms with E-state index in [0.29, 0.717) is 5.56 Å². The fourth-order valence-electron chi connectivity index (χ4n) is 1.46. The van der Waals surface area contributed by atoms with Crippen LogP contribution in [0.5, 0.6) is 0 Å². The van der Waals surface area contributed by atoms with Crippen LogP contribution in [0, 0.1) is 5.41 Å². The van der Waals surface area contributed by atoms with Crippen LogP contribution in [-0.4, -0.2) is 50.0 Å². The third-order valence-electron chi connectivity index (χ3n) is 2.78. The van der Waals surface area contributed by atoms with Gasteiger partial charge >= 0.3 is 16.5 Å². The molecule has 0 aliphatic heterocycles. The van der Waals surface area contributed by atoms with Gasteiger partial charge in [-0.1, -0.05) is 30.3 Å². The van der Waals surface area contributed by atoms with Crippen LogP contribution in [0.3, 0.4) is 0 Å². The molecular formula is C11H18O9P2+2. The molecule has 22 heavy (non-hydrogen) atoms. The molecule has 1 rings (SSSR count). The molecule has 3 unspecified atom stereocenters. The van der Waals surface area contributed by atoms with Crippen LogP contribution < -0.4 is 0 Å². The lowest BCUT2D eigenvalue weighted by molar-refractivity contribution is -0.0852. The molecular weight excluding hydrogens is 338 g/mol. The zero-order chi connectivity index (χ0) is 17.2. The van der Waals surface area contributed by atoms with Gasteiger partial charge in [0.2, 0.25) is 0 Å². The van der Waals surface area contributed by atoms with Crippen molar-refractivity contribution in [1.29, 1.82) is 0 Å². The molecule has 0 saturated heterocycles. The lowest BCUT2D eigenvalue weighted by atomic mass is 9.81. The number of hydrogen-bond acceptors (Lipinski definition) is 7. The van der Waals surface area contributed by atoms with Crippen LogP contribution in [0.2, 0.25) is 0 Å². The van der Waals surface area contributed by atoms with Gasteiger partial charge in [-0.05, 0) is 5.56 Å². The normalized spacial score (nSPS) is 13.7. The second-order valence-corrected chi connectivity index (χ2v) is 5.81. The maximum atomic E-state index is 9.95. The van der Waals surface area contributed by atoms with Crippen molar-refractivity contribution in [2.45, 2.75) is 6.10 Å². The van der Waals surface area contributed by atoms with E-state index in [1.165, 1.54) is 0 Å². The number of hydrogen-bond donors (Lipinski definition) is 6. The van der Waals surface area contributed by atoms with Gasteiger partial charge in [0, 0.05) is 9.13 Å². The molecule has 0 spiro atoms. The summed E-state index contributed by atoms with van der Waals surface area (Å²) in [5.41, 5.74) is -0.726. The van der Waals surface area contributed by atoms with Gasteiger partial charge in [-0.2, -0.15) is 0 Å². The highest BCUT2D eigenvalue weighted by Gasteiger charge is 2.37. The van der Waals surface area contributed by atoms with E-state index in [9.17, 15) is 14.2 Å². The first-order valence-corrected chi connectivity index (χ1v) is 8.15. The smallest absolute Gasteiger partial charge is 0.395 e. The maximum Gasteiger partial charge on any atom is 0.745 e. The standard InChI is InChI=1S/C11H16O4.O5P2/c12-6-11(7-13,8-14)10(15)9-4-2-1-3-5-9;1-6(2)5-7(3)4/h1-5,10,12-15H,6-8H2;/p+2. The Morgan fingerprint density at radius 3 is 1.64 bits per heavy atom. The molecule has 0 aliphatic rings. The average Bonchev–Trinajstić information content (AvgIpc) is 2.49. The highest BCUT2D eigenvalue weighted by Crippen LogP contribution is 2.32. The molecule has 0 heterocycles. The van der Waals surface area contributed by atoms with Crippen molar-refractivity contribution in [3.8, 4) is 0 Å². The molecule has 0 bridgehead atoms. The van der Waals surface area contributed by atoms with Crippen LogP contribution >= 0.6 is 16.5 Å². The molecule has 0 radical (unpaired) electrons. The van der Waals surface area contributed by atoms with Gasteiger partial charge in [0.1, 0.15) is 0 Å². The Hall–Kier alpha value is -0.860. The minimum atomic E-state index is -2.92. The number of aliphatic hydroxyl groups excluding tert-OH is 4. The third kappa shape index (κ3) is 6.93. The second-order valence-electron chi connectivity index (χ2n) is 4.21. The van der Waals surface area contributed by atoms with Crippen LogP contribution in [-0.2, 0) is 13.4 Å². The summed E-state index contributed by atoms with van der Waals surface area (Å²) in [6.07, 6.45) is -1.08. The lowest BCUT2D eigenvalue weighted by Crippen LogP contribution is -2.40. The Balaban J connectivity index is 0.000000534. The van der Waals surface area contributed by atoms with Crippen LogP contribution in [0.1, 0.15) is 11.7 Å². The Bertz CT molecular complexity index is 444. The van der Waals surface area contributed by atoms with E-state index in [0.717, 1.165) is 0 Å². The first-order valence-electron chi connectivity index (χ1n) is 5.89. The second kappa shape index (κ2) is 10.8. The molecule has 124 valence electrons. The third-order valence-corrected chi connectivity index (χ3v) is 3.90. The van der Waals surface area contributed by atoms with E-state index < -0.39 is 47.8 Å². The molecule has 0 aromatic heterocycles. The summed E-state index contributed by atoms with van der Waals surface area (Å²) in [5, 5.41) is 37.3. The molecule has 0 fully saturated rings. The molecule has 6 N–H and O–H groups in total. The number of benzene rings is 1. The first kappa shape index (κ1) is 21.1. The van der Waals surface area contributed by atoms with E-state index in [1.54, 1.807) is 30.3 Å². The Kier molecular flexibility index (Phi) is 10.4. The van der Waals surface area contributed by atoms with E-state index >= 15 is 0 Å². The summed E-state index contributed by atoms with van der Waals surface area (Å²) in [6.45, 7) is -1.43. The summed E-state index contributed by atoms with van der Waals surface area (Å²) in [5.74, 6) is 0. The number of rotatable bonds is 7. The minimum absolute atomic E-state index is 0.476. The van der Waals surface area contributed by atoms with E-state index in [4.69, 9.17) is 25.1 Å². The molecule has 0 amide bonds. The zero-order valence-electron chi connectivity index (χ0n) is 11.4. The largest absolute Gasteiger partial charge is 0.745 e. The fraction of sp³-hybridized carbons (Fsp3) is 0.455. The van der Waals surface area contributed by atoms with Gasteiger partial charge < -0.3 is 20.4 Å². The topological polar surface area (TPSA) is 165 Å². The Morgan fingerprint density at radius 2 is 1.36 bits per heavy atom. The van der Waals surface area contributed by atoms with E-state index in [2.05, 4.69) is 4.31 Å². The van der Waals surface area contributed by atoms with Crippen LogP contribution in [0.25, 0.3) is 0 Å². The summed E-state index contributed by atoms with van der Waals surface area (Å²) in [6, 6.07) is 8.65. The molecule has 9 nitrogen and oxygen atoms in total. The van der Waals surface area contributed by atoms with E-state index in [-0.39, 0.29) is 0 Å². The van der Waals surface area contributed by atoms with Crippen LogP contribution in [0.15, 0.2) is 30.3 Å². The highest BCUT2D eigenvalue weighted by molar-refractivity contribution is 7.46. The lowest BCUT2D eigenvalue weighted by Gasteiger charge is -2.32. The molecule has 11 heteroatoms. The van der Waals surface area contributed by atoms with Gasteiger partial charge in [0.05, 0.1) is 31.3 Å². The first-order chi connectivity index (χ1) is 10.3. The van der Waals surface area contributed by atoms with Gasteiger partial charge in [0.15, 0.2) is 4.31 Å². The molecule has 0 aliphatic carbocycles. The maximum absolute atomic E-state index is 9.95. The van der Waals surface area contributed by atoms with Crippen molar-refractivity contribution in [3.63, 3.8) is 0 Å².